The highest BCUT2D eigenvalue weighted by Gasteiger charge is 2.35. The molecule has 1 amide bonds. The minimum absolute atomic E-state index is 0.0400. The maximum absolute atomic E-state index is 11.9. The van der Waals surface area contributed by atoms with Crippen LogP contribution in [-0.2, 0) is 19.1 Å². The molecule has 2 atom stereocenters. The summed E-state index contributed by atoms with van der Waals surface area (Å²) in [4.78, 5) is 24.9. The van der Waals surface area contributed by atoms with Crippen LogP contribution in [0, 0.1) is 0 Å². The molecule has 2 bridgehead atoms. The van der Waals surface area contributed by atoms with E-state index in [1.807, 2.05) is 4.90 Å². The van der Waals surface area contributed by atoms with E-state index in [1.54, 1.807) is 6.92 Å². The maximum atomic E-state index is 11.9. The summed E-state index contributed by atoms with van der Waals surface area (Å²) in [5.74, 6) is -0.254. The van der Waals surface area contributed by atoms with Crippen molar-refractivity contribution >= 4 is 11.9 Å². The Bertz CT molecular complexity index is 293. The lowest BCUT2D eigenvalue weighted by molar-refractivity contribution is -0.147. The Balaban J connectivity index is 1.74. The van der Waals surface area contributed by atoms with Crippen molar-refractivity contribution in [1.82, 2.24) is 4.90 Å². The number of rotatable bonds is 4. The van der Waals surface area contributed by atoms with Gasteiger partial charge < -0.3 is 14.4 Å². The predicted octanol–water partition coefficient (Wildman–Crippen LogP) is 0.719. The molecule has 2 saturated heterocycles. The first-order valence-corrected chi connectivity index (χ1v) is 6.28. The van der Waals surface area contributed by atoms with Crippen LogP contribution in [0.5, 0.6) is 0 Å². The molecule has 2 fully saturated rings. The molecule has 0 aromatic rings. The van der Waals surface area contributed by atoms with Crippen LogP contribution in [0.25, 0.3) is 0 Å². The van der Waals surface area contributed by atoms with Crippen molar-refractivity contribution in [1.29, 1.82) is 0 Å². The molecule has 96 valence electrons. The van der Waals surface area contributed by atoms with Gasteiger partial charge in [0.15, 0.2) is 0 Å². The van der Waals surface area contributed by atoms with Gasteiger partial charge in [-0.05, 0) is 19.8 Å². The molecule has 5 nitrogen and oxygen atoms in total. The van der Waals surface area contributed by atoms with Gasteiger partial charge in [-0.3, -0.25) is 9.59 Å². The lowest BCUT2D eigenvalue weighted by Crippen LogP contribution is -2.45. The summed E-state index contributed by atoms with van der Waals surface area (Å²) in [6.45, 7) is 3.49. The van der Waals surface area contributed by atoms with Crippen LogP contribution < -0.4 is 0 Å². The van der Waals surface area contributed by atoms with Crippen LogP contribution in [0.4, 0.5) is 0 Å². The standard InChI is InChI=1S/C12H19NO4/c1-2-16-12(15)6-5-11(14)13-7-9-3-4-10(8-13)17-9/h9-10H,2-8H2,1H3. The Morgan fingerprint density at radius 2 is 1.88 bits per heavy atom. The van der Waals surface area contributed by atoms with Crippen LogP contribution in [0.3, 0.4) is 0 Å². The lowest BCUT2D eigenvalue weighted by atomic mass is 10.2. The van der Waals surface area contributed by atoms with Gasteiger partial charge >= 0.3 is 5.97 Å². The molecule has 0 aliphatic carbocycles. The van der Waals surface area contributed by atoms with E-state index in [-0.39, 0.29) is 36.9 Å². The van der Waals surface area contributed by atoms with Crippen molar-refractivity contribution in [3.63, 3.8) is 0 Å². The molecular formula is C12H19NO4. The number of hydrogen-bond acceptors (Lipinski definition) is 4. The molecule has 0 saturated carbocycles. The van der Waals surface area contributed by atoms with Gasteiger partial charge in [-0.25, -0.2) is 0 Å². The number of hydrogen-bond donors (Lipinski definition) is 0. The second-order valence-corrected chi connectivity index (χ2v) is 4.56. The number of amides is 1. The normalized spacial score (nSPS) is 27.0. The monoisotopic (exact) mass is 241 g/mol. The van der Waals surface area contributed by atoms with Gasteiger partial charge in [-0.15, -0.1) is 0 Å². The molecule has 0 aromatic carbocycles. The lowest BCUT2D eigenvalue weighted by Gasteiger charge is -2.32. The van der Waals surface area contributed by atoms with E-state index >= 15 is 0 Å². The molecule has 0 aromatic heterocycles. The molecule has 2 aliphatic rings. The van der Waals surface area contributed by atoms with Crippen molar-refractivity contribution in [2.75, 3.05) is 19.7 Å². The van der Waals surface area contributed by atoms with Crippen LogP contribution in [0.15, 0.2) is 0 Å². The van der Waals surface area contributed by atoms with Crippen molar-refractivity contribution in [2.24, 2.45) is 0 Å². The number of esters is 1. The fraction of sp³-hybridized carbons (Fsp3) is 0.833. The van der Waals surface area contributed by atoms with E-state index < -0.39 is 0 Å². The SMILES string of the molecule is CCOC(=O)CCC(=O)N1CC2CCC(C1)O2. The Kier molecular flexibility index (Phi) is 3.99. The van der Waals surface area contributed by atoms with E-state index in [9.17, 15) is 9.59 Å². The van der Waals surface area contributed by atoms with Crippen molar-refractivity contribution in [3.05, 3.63) is 0 Å². The van der Waals surface area contributed by atoms with E-state index in [2.05, 4.69) is 0 Å². The quantitative estimate of drug-likeness (QED) is 0.680. The molecule has 0 N–H and O–H groups in total. The first kappa shape index (κ1) is 12.4. The summed E-state index contributed by atoms with van der Waals surface area (Å²) in [7, 11) is 0. The molecular weight excluding hydrogens is 222 g/mol. The van der Waals surface area contributed by atoms with Crippen LogP contribution in [0.1, 0.15) is 32.6 Å². The maximum Gasteiger partial charge on any atom is 0.306 e. The summed E-state index contributed by atoms with van der Waals surface area (Å²) in [6.07, 6.45) is 2.94. The number of carbonyl (C=O) groups is 2. The van der Waals surface area contributed by atoms with Gasteiger partial charge in [0.2, 0.25) is 5.91 Å². The van der Waals surface area contributed by atoms with Crippen molar-refractivity contribution in [2.45, 2.75) is 44.8 Å². The molecule has 2 heterocycles. The van der Waals surface area contributed by atoms with Gasteiger partial charge in [0.1, 0.15) is 0 Å². The summed E-state index contributed by atoms with van der Waals surface area (Å²) in [6, 6.07) is 0. The van der Waals surface area contributed by atoms with E-state index in [4.69, 9.17) is 9.47 Å². The first-order valence-electron chi connectivity index (χ1n) is 6.28. The summed E-state index contributed by atoms with van der Waals surface area (Å²) < 4.78 is 10.5. The second kappa shape index (κ2) is 5.49. The second-order valence-electron chi connectivity index (χ2n) is 4.56. The fourth-order valence-corrected chi connectivity index (χ4v) is 2.42. The number of carbonyl (C=O) groups excluding carboxylic acids is 2. The number of likely N-dealkylation sites (tertiary alicyclic amines) is 1. The minimum atomic E-state index is -0.294. The van der Waals surface area contributed by atoms with Gasteiger partial charge in [-0.1, -0.05) is 0 Å². The van der Waals surface area contributed by atoms with Crippen molar-refractivity contribution in [3.8, 4) is 0 Å². The highest BCUT2D eigenvalue weighted by Crippen LogP contribution is 2.26. The van der Waals surface area contributed by atoms with E-state index in [0.29, 0.717) is 19.7 Å². The van der Waals surface area contributed by atoms with Gasteiger partial charge in [0.05, 0.1) is 25.2 Å². The molecule has 2 unspecified atom stereocenters. The number of ether oxygens (including phenoxy) is 2. The minimum Gasteiger partial charge on any atom is -0.466 e. The summed E-state index contributed by atoms with van der Waals surface area (Å²) in [5, 5.41) is 0. The number of nitrogens with zero attached hydrogens (tertiary/aromatic N) is 1. The molecule has 0 spiro atoms. The largest absolute Gasteiger partial charge is 0.466 e. The van der Waals surface area contributed by atoms with Crippen LogP contribution in [0.2, 0.25) is 0 Å². The number of fused-ring (bicyclic) bond motifs is 2. The number of morpholine rings is 1. The topological polar surface area (TPSA) is 55.8 Å². The zero-order chi connectivity index (χ0) is 12.3. The Hall–Kier alpha value is -1.10. The zero-order valence-corrected chi connectivity index (χ0v) is 10.2. The first-order chi connectivity index (χ1) is 8.19. The average molecular weight is 241 g/mol. The third kappa shape index (κ3) is 3.19. The van der Waals surface area contributed by atoms with Gasteiger partial charge in [-0.2, -0.15) is 0 Å². The van der Waals surface area contributed by atoms with Gasteiger partial charge in [0.25, 0.3) is 0 Å². The van der Waals surface area contributed by atoms with Gasteiger partial charge in [0, 0.05) is 19.5 Å². The smallest absolute Gasteiger partial charge is 0.306 e. The Morgan fingerprint density at radius 3 is 2.47 bits per heavy atom. The highest BCUT2D eigenvalue weighted by molar-refractivity contribution is 5.81. The highest BCUT2D eigenvalue weighted by atomic mass is 16.5. The Labute approximate surface area is 101 Å². The molecule has 17 heavy (non-hydrogen) atoms. The predicted molar refractivity (Wildman–Crippen MR) is 60.3 cm³/mol. The van der Waals surface area contributed by atoms with E-state index in [0.717, 1.165) is 12.8 Å². The van der Waals surface area contributed by atoms with E-state index in [1.165, 1.54) is 0 Å². The van der Waals surface area contributed by atoms with Crippen molar-refractivity contribution < 1.29 is 19.1 Å². The van der Waals surface area contributed by atoms with Crippen LogP contribution >= 0.6 is 0 Å². The summed E-state index contributed by atoms with van der Waals surface area (Å²) >= 11 is 0. The summed E-state index contributed by atoms with van der Waals surface area (Å²) in [5.41, 5.74) is 0. The molecule has 0 radical (unpaired) electrons. The third-order valence-corrected chi connectivity index (χ3v) is 3.24. The third-order valence-electron chi connectivity index (χ3n) is 3.24. The fourth-order valence-electron chi connectivity index (χ4n) is 2.42. The van der Waals surface area contributed by atoms with Crippen LogP contribution in [-0.4, -0.2) is 48.7 Å². The molecule has 2 rings (SSSR count). The Morgan fingerprint density at radius 1 is 1.24 bits per heavy atom. The zero-order valence-electron chi connectivity index (χ0n) is 10.2. The average Bonchev–Trinajstić information content (AvgIpc) is 2.65. The molecule has 5 heteroatoms. The molecule has 2 aliphatic heterocycles.